The standard InChI is InChI=1S/C16H18FNO/c1-10-6-11(2)8-14(7-10)19-16-5-4-13(17)9-15(16)12(3)18/h4-9,12H,18H2,1-3H3/t12-/m0/s1. The molecular weight excluding hydrogens is 241 g/mol. The van der Waals surface area contributed by atoms with Crippen molar-refractivity contribution >= 4 is 0 Å². The lowest BCUT2D eigenvalue weighted by Gasteiger charge is -2.14. The average Bonchev–Trinajstić information content (AvgIpc) is 2.30. The molecule has 19 heavy (non-hydrogen) atoms. The first kappa shape index (κ1) is 13.6. The predicted molar refractivity (Wildman–Crippen MR) is 75.0 cm³/mol. The molecule has 0 aromatic heterocycles. The quantitative estimate of drug-likeness (QED) is 0.894. The average molecular weight is 259 g/mol. The minimum Gasteiger partial charge on any atom is -0.457 e. The SMILES string of the molecule is Cc1cc(C)cc(Oc2ccc(F)cc2[C@H](C)N)c1. The second kappa shape index (κ2) is 5.41. The normalized spacial score (nSPS) is 12.3. The summed E-state index contributed by atoms with van der Waals surface area (Å²) >= 11 is 0. The van der Waals surface area contributed by atoms with Crippen LogP contribution in [0, 0.1) is 19.7 Å². The Morgan fingerprint density at radius 1 is 1.05 bits per heavy atom. The molecular formula is C16H18FNO. The van der Waals surface area contributed by atoms with Crippen LogP contribution in [0.3, 0.4) is 0 Å². The zero-order chi connectivity index (χ0) is 14.0. The Kier molecular flexibility index (Phi) is 3.86. The number of hydrogen-bond acceptors (Lipinski definition) is 2. The lowest BCUT2D eigenvalue weighted by atomic mass is 10.1. The smallest absolute Gasteiger partial charge is 0.132 e. The van der Waals surface area contributed by atoms with Crippen LogP contribution in [0.4, 0.5) is 4.39 Å². The fraction of sp³-hybridized carbons (Fsp3) is 0.250. The molecule has 0 aliphatic rings. The van der Waals surface area contributed by atoms with E-state index in [1.807, 2.05) is 32.9 Å². The molecule has 0 saturated heterocycles. The highest BCUT2D eigenvalue weighted by atomic mass is 19.1. The second-order valence-corrected chi connectivity index (χ2v) is 4.90. The lowest BCUT2D eigenvalue weighted by Crippen LogP contribution is -2.07. The van der Waals surface area contributed by atoms with E-state index in [0.717, 1.165) is 16.9 Å². The van der Waals surface area contributed by atoms with Crippen LogP contribution in [0.15, 0.2) is 36.4 Å². The van der Waals surface area contributed by atoms with Gasteiger partial charge >= 0.3 is 0 Å². The van der Waals surface area contributed by atoms with Gasteiger partial charge in [0.1, 0.15) is 17.3 Å². The van der Waals surface area contributed by atoms with Crippen molar-refractivity contribution in [1.29, 1.82) is 0 Å². The number of ether oxygens (including phenoxy) is 1. The molecule has 100 valence electrons. The molecule has 0 aliphatic heterocycles. The molecule has 2 N–H and O–H groups in total. The maximum absolute atomic E-state index is 13.3. The van der Waals surface area contributed by atoms with Crippen LogP contribution in [0.1, 0.15) is 29.7 Å². The van der Waals surface area contributed by atoms with E-state index < -0.39 is 0 Å². The largest absolute Gasteiger partial charge is 0.457 e. The van der Waals surface area contributed by atoms with Crippen LogP contribution in [0.5, 0.6) is 11.5 Å². The van der Waals surface area contributed by atoms with Crippen LogP contribution in [0.25, 0.3) is 0 Å². The molecule has 0 radical (unpaired) electrons. The van der Waals surface area contributed by atoms with Gasteiger partial charge in [0.15, 0.2) is 0 Å². The van der Waals surface area contributed by atoms with Gasteiger partial charge < -0.3 is 10.5 Å². The van der Waals surface area contributed by atoms with Crippen molar-refractivity contribution in [2.75, 3.05) is 0 Å². The zero-order valence-corrected chi connectivity index (χ0v) is 11.4. The monoisotopic (exact) mass is 259 g/mol. The highest BCUT2D eigenvalue weighted by Gasteiger charge is 2.10. The van der Waals surface area contributed by atoms with E-state index in [-0.39, 0.29) is 11.9 Å². The number of halogens is 1. The Balaban J connectivity index is 2.37. The number of aryl methyl sites for hydroxylation is 2. The van der Waals surface area contributed by atoms with Crippen LogP contribution in [-0.2, 0) is 0 Å². The molecule has 2 aromatic rings. The summed E-state index contributed by atoms with van der Waals surface area (Å²) in [6.07, 6.45) is 0. The Labute approximate surface area is 113 Å². The van der Waals surface area contributed by atoms with Gasteiger partial charge in [0.25, 0.3) is 0 Å². The maximum atomic E-state index is 13.3. The van der Waals surface area contributed by atoms with Crippen LogP contribution >= 0.6 is 0 Å². The summed E-state index contributed by atoms with van der Waals surface area (Å²) in [4.78, 5) is 0. The molecule has 0 fully saturated rings. The van der Waals surface area contributed by atoms with Gasteiger partial charge in [0.05, 0.1) is 0 Å². The Hall–Kier alpha value is -1.87. The third-order valence-electron chi connectivity index (χ3n) is 2.89. The molecule has 1 atom stereocenters. The van der Waals surface area contributed by atoms with Crippen molar-refractivity contribution in [1.82, 2.24) is 0 Å². The van der Waals surface area contributed by atoms with E-state index in [1.165, 1.54) is 12.1 Å². The van der Waals surface area contributed by atoms with Gasteiger partial charge in [-0.3, -0.25) is 0 Å². The van der Waals surface area contributed by atoms with Crippen molar-refractivity contribution in [3.63, 3.8) is 0 Å². The van der Waals surface area contributed by atoms with E-state index in [4.69, 9.17) is 10.5 Å². The number of nitrogens with two attached hydrogens (primary N) is 1. The topological polar surface area (TPSA) is 35.2 Å². The third-order valence-corrected chi connectivity index (χ3v) is 2.89. The summed E-state index contributed by atoms with van der Waals surface area (Å²) in [6.45, 7) is 5.83. The molecule has 0 saturated carbocycles. The molecule has 0 amide bonds. The van der Waals surface area contributed by atoms with E-state index in [2.05, 4.69) is 6.07 Å². The van der Waals surface area contributed by atoms with Crippen molar-refractivity contribution in [2.24, 2.45) is 5.73 Å². The van der Waals surface area contributed by atoms with E-state index >= 15 is 0 Å². The molecule has 3 heteroatoms. The third kappa shape index (κ3) is 3.32. The summed E-state index contributed by atoms with van der Waals surface area (Å²) in [5.41, 5.74) is 8.77. The maximum Gasteiger partial charge on any atom is 0.132 e. The number of benzene rings is 2. The molecule has 2 rings (SSSR count). The number of rotatable bonds is 3. The number of hydrogen-bond donors (Lipinski definition) is 1. The summed E-state index contributed by atoms with van der Waals surface area (Å²) in [6, 6.07) is 10.1. The van der Waals surface area contributed by atoms with E-state index in [1.54, 1.807) is 6.07 Å². The minimum absolute atomic E-state index is 0.281. The van der Waals surface area contributed by atoms with Gasteiger partial charge in [-0.15, -0.1) is 0 Å². The highest BCUT2D eigenvalue weighted by molar-refractivity contribution is 5.41. The Morgan fingerprint density at radius 2 is 1.68 bits per heavy atom. The van der Waals surface area contributed by atoms with Crippen molar-refractivity contribution < 1.29 is 9.13 Å². The van der Waals surface area contributed by atoms with Crippen molar-refractivity contribution in [2.45, 2.75) is 26.8 Å². The van der Waals surface area contributed by atoms with E-state index in [0.29, 0.717) is 11.3 Å². The van der Waals surface area contributed by atoms with Crippen LogP contribution in [0.2, 0.25) is 0 Å². The van der Waals surface area contributed by atoms with Crippen molar-refractivity contribution in [3.8, 4) is 11.5 Å². The first-order valence-electron chi connectivity index (χ1n) is 6.27. The van der Waals surface area contributed by atoms with Gasteiger partial charge in [0.2, 0.25) is 0 Å². The molecule has 2 aromatic carbocycles. The first-order valence-corrected chi connectivity index (χ1v) is 6.27. The fourth-order valence-electron chi connectivity index (χ4n) is 2.09. The molecule has 0 heterocycles. The minimum atomic E-state index is -0.305. The van der Waals surface area contributed by atoms with Gasteiger partial charge in [-0.2, -0.15) is 0 Å². The van der Waals surface area contributed by atoms with Crippen LogP contribution < -0.4 is 10.5 Å². The summed E-state index contributed by atoms with van der Waals surface area (Å²) in [7, 11) is 0. The summed E-state index contributed by atoms with van der Waals surface area (Å²) in [5.74, 6) is 1.03. The Bertz CT molecular complexity index is 573. The van der Waals surface area contributed by atoms with Gasteiger partial charge in [0, 0.05) is 11.6 Å². The van der Waals surface area contributed by atoms with Gasteiger partial charge in [-0.05, 0) is 62.2 Å². The zero-order valence-electron chi connectivity index (χ0n) is 11.4. The van der Waals surface area contributed by atoms with Gasteiger partial charge in [-0.25, -0.2) is 4.39 Å². The van der Waals surface area contributed by atoms with E-state index in [9.17, 15) is 4.39 Å². The fourth-order valence-corrected chi connectivity index (χ4v) is 2.09. The van der Waals surface area contributed by atoms with Crippen molar-refractivity contribution in [3.05, 3.63) is 58.9 Å². The second-order valence-electron chi connectivity index (χ2n) is 4.90. The predicted octanol–water partition coefficient (Wildman–Crippen LogP) is 4.25. The molecule has 0 spiro atoms. The molecule has 0 bridgehead atoms. The highest BCUT2D eigenvalue weighted by Crippen LogP contribution is 2.30. The first-order chi connectivity index (χ1) is 8.95. The van der Waals surface area contributed by atoms with Crippen LogP contribution in [-0.4, -0.2) is 0 Å². The molecule has 0 unspecified atom stereocenters. The summed E-state index contributed by atoms with van der Waals surface area (Å²) in [5, 5.41) is 0. The lowest BCUT2D eigenvalue weighted by molar-refractivity contribution is 0.468. The summed E-state index contributed by atoms with van der Waals surface area (Å²) < 4.78 is 19.1. The Morgan fingerprint density at radius 3 is 2.26 bits per heavy atom. The molecule has 0 aliphatic carbocycles. The van der Waals surface area contributed by atoms with Gasteiger partial charge in [-0.1, -0.05) is 6.07 Å². The molecule has 2 nitrogen and oxygen atoms in total.